The summed E-state index contributed by atoms with van der Waals surface area (Å²) in [6, 6.07) is 12.9. The Kier molecular flexibility index (Phi) is 8.91. The van der Waals surface area contributed by atoms with E-state index in [1.807, 2.05) is 32.0 Å². The fraction of sp³-hybridized carbons (Fsp3) is 0.458. The third-order valence-electron chi connectivity index (χ3n) is 5.25. The molecule has 0 amide bonds. The number of hydrogen-bond donors (Lipinski definition) is 1. The first-order valence-electron chi connectivity index (χ1n) is 11.0. The lowest BCUT2D eigenvalue weighted by Crippen LogP contribution is -2.51. The molecular formula is C24H32FN3O2S. The lowest BCUT2D eigenvalue weighted by atomic mass is 10.1. The summed E-state index contributed by atoms with van der Waals surface area (Å²) >= 11 is 5.60. The van der Waals surface area contributed by atoms with Crippen molar-refractivity contribution >= 4 is 17.3 Å². The average molecular weight is 446 g/mol. The second-order valence-electron chi connectivity index (χ2n) is 7.52. The molecule has 7 heteroatoms. The average Bonchev–Trinajstić information content (AvgIpc) is 2.76. The summed E-state index contributed by atoms with van der Waals surface area (Å²) in [5.41, 5.74) is 2.19. The predicted molar refractivity (Wildman–Crippen MR) is 126 cm³/mol. The summed E-state index contributed by atoms with van der Waals surface area (Å²) in [4.78, 5) is 4.55. The molecule has 0 radical (unpaired) electrons. The standard InChI is InChI=1S/C24H32FN3O2S/c1-3-29-22-9-8-19(17-23(22)30-4-2)10-11-26-24(31)28-14-12-27(13-15-28)18-20-6-5-7-21(25)16-20/h5-9,16-17H,3-4,10-15,18H2,1-2H3,(H,26,31). The summed E-state index contributed by atoms with van der Waals surface area (Å²) in [5, 5.41) is 4.17. The van der Waals surface area contributed by atoms with Gasteiger partial charge in [-0.25, -0.2) is 4.39 Å². The normalized spacial score (nSPS) is 14.4. The van der Waals surface area contributed by atoms with E-state index in [4.69, 9.17) is 21.7 Å². The van der Waals surface area contributed by atoms with Gasteiger partial charge in [-0.3, -0.25) is 4.90 Å². The summed E-state index contributed by atoms with van der Waals surface area (Å²) in [6.45, 7) is 10.3. The predicted octanol–water partition coefficient (Wildman–Crippen LogP) is 3.86. The number of thiocarbonyl (C=S) groups is 1. The maximum Gasteiger partial charge on any atom is 0.169 e. The molecule has 0 aliphatic carbocycles. The van der Waals surface area contributed by atoms with Crippen LogP contribution in [-0.4, -0.2) is 60.8 Å². The second kappa shape index (κ2) is 11.9. The van der Waals surface area contributed by atoms with E-state index in [9.17, 15) is 4.39 Å². The minimum absolute atomic E-state index is 0.178. The van der Waals surface area contributed by atoms with Gasteiger partial charge < -0.3 is 19.7 Å². The molecule has 0 unspecified atom stereocenters. The van der Waals surface area contributed by atoms with Gasteiger partial charge in [0.05, 0.1) is 13.2 Å². The van der Waals surface area contributed by atoms with Crippen LogP contribution in [0.4, 0.5) is 4.39 Å². The fourth-order valence-electron chi connectivity index (χ4n) is 3.68. The maximum atomic E-state index is 13.4. The molecule has 1 N–H and O–H groups in total. The first kappa shape index (κ1) is 23.3. The molecule has 168 valence electrons. The summed E-state index contributed by atoms with van der Waals surface area (Å²) in [6.07, 6.45) is 0.853. The molecule has 31 heavy (non-hydrogen) atoms. The van der Waals surface area contributed by atoms with Crippen molar-refractivity contribution in [3.8, 4) is 11.5 Å². The zero-order valence-electron chi connectivity index (χ0n) is 18.4. The van der Waals surface area contributed by atoms with Crippen molar-refractivity contribution in [2.45, 2.75) is 26.8 Å². The Balaban J connectivity index is 1.42. The lowest BCUT2D eigenvalue weighted by Gasteiger charge is -2.36. The topological polar surface area (TPSA) is 37.0 Å². The van der Waals surface area contributed by atoms with Crippen molar-refractivity contribution in [2.75, 3.05) is 45.9 Å². The SMILES string of the molecule is CCOc1ccc(CCNC(=S)N2CCN(Cc3cccc(F)c3)CC2)cc1OCC. The van der Waals surface area contributed by atoms with Crippen LogP contribution in [0.25, 0.3) is 0 Å². The molecule has 1 heterocycles. The summed E-state index contributed by atoms with van der Waals surface area (Å²) in [5.74, 6) is 1.40. The summed E-state index contributed by atoms with van der Waals surface area (Å²) in [7, 11) is 0. The molecular weight excluding hydrogens is 413 g/mol. The van der Waals surface area contributed by atoms with E-state index < -0.39 is 0 Å². The van der Waals surface area contributed by atoms with E-state index in [-0.39, 0.29) is 5.82 Å². The zero-order valence-corrected chi connectivity index (χ0v) is 19.2. The van der Waals surface area contributed by atoms with Crippen molar-refractivity contribution in [1.29, 1.82) is 0 Å². The van der Waals surface area contributed by atoms with Crippen LogP contribution in [0, 0.1) is 5.82 Å². The van der Waals surface area contributed by atoms with Crippen LogP contribution in [0.2, 0.25) is 0 Å². The van der Waals surface area contributed by atoms with Crippen LogP contribution < -0.4 is 14.8 Å². The van der Waals surface area contributed by atoms with Gasteiger partial charge in [0.15, 0.2) is 16.6 Å². The molecule has 0 bridgehead atoms. The summed E-state index contributed by atoms with van der Waals surface area (Å²) < 4.78 is 24.7. The maximum absolute atomic E-state index is 13.4. The monoisotopic (exact) mass is 445 g/mol. The molecule has 0 atom stereocenters. The van der Waals surface area contributed by atoms with Gasteiger partial charge in [-0.2, -0.15) is 0 Å². The van der Waals surface area contributed by atoms with Gasteiger partial charge in [-0.05, 0) is 67.9 Å². The van der Waals surface area contributed by atoms with E-state index >= 15 is 0 Å². The fourth-order valence-corrected chi connectivity index (χ4v) is 3.96. The Morgan fingerprint density at radius 3 is 2.42 bits per heavy atom. The highest BCUT2D eigenvalue weighted by Gasteiger charge is 2.19. The highest BCUT2D eigenvalue weighted by Crippen LogP contribution is 2.28. The van der Waals surface area contributed by atoms with Crippen LogP contribution in [0.1, 0.15) is 25.0 Å². The van der Waals surface area contributed by atoms with Gasteiger partial charge in [-0.15, -0.1) is 0 Å². The highest BCUT2D eigenvalue weighted by molar-refractivity contribution is 7.80. The Morgan fingerprint density at radius 2 is 1.71 bits per heavy atom. The molecule has 0 saturated carbocycles. The Labute approximate surface area is 190 Å². The number of rotatable bonds is 9. The van der Waals surface area contributed by atoms with E-state index in [1.54, 1.807) is 12.1 Å². The number of piperazine rings is 1. The quantitative estimate of drug-likeness (QED) is 0.591. The highest BCUT2D eigenvalue weighted by atomic mass is 32.1. The minimum Gasteiger partial charge on any atom is -0.490 e. The first-order valence-corrected chi connectivity index (χ1v) is 11.4. The number of halogens is 1. The van der Waals surface area contributed by atoms with E-state index in [0.29, 0.717) is 13.2 Å². The van der Waals surface area contributed by atoms with Crippen molar-refractivity contribution in [3.05, 3.63) is 59.4 Å². The first-order chi connectivity index (χ1) is 15.1. The second-order valence-corrected chi connectivity index (χ2v) is 7.91. The molecule has 0 aromatic heterocycles. The van der Waals surface area contributed by atoms with Crippen LogP contribution in [0.3, 0.4) is 0 Å². The van der Waals surface area contributed by atoms with E-state index in [2.05, 4.69) is 21.2 Å². The smallest absolute Gasteiger partial charge is 0.169 e. The molecule has 1 aliphatic rings. The van der Waals surface area contributed by atoms with Gasteiger partial charge in [0.25, 0.3) is 0 Å². The number of hydrogen-bond acceptors (Lipinski definition) is 4. The number of nitrogens with one attached hydrogen (secondary N) is 1. The number of nitrogens with zero attached hydrogens (tertiary/aromatic N) is 2. The van der Waals surface area contributed by atoms with Crippen molar-refractivity contribution in [1.82, 2.24) is 15.1 Å². The molecule has 0 spiro atoms. The third kappa shape index (κ3) is 7.08. The van der Waals surface area contributed by atoms with Gasteiger partial charge in [0, 0.05) is 39.3 Å². The van der Waals surface area contributed by atoms with Gasteiger partial charge in [0.1, 0.15) is 5.82 Å². The van der Waals surface area contributed by atoms with Crippen LogP contribution in [0.15, 0.2) is 42.5 Å². The lowest BCUT2D eigenvalue weighted by molar-refractivity contribution is 0.174. The Morgan fingerprint density at radius 1 is 0.968 bits per heavy atom. The molecule has 1 aliphatic heterocycles. The molecule has 3 rings (SSSR count). The van der Waals surface area contributed by atoms with Crippen LogP contribution in [0.5, 0.6) is 11.5 Å². The van der Waals surface area contributed by atoms with Crippen molar-refractivity contribution in [2.24, 2.45) is 0 Å². The van der Waals surface area contributed by atoms with Gasteiger partial charge in [-0.1, -0.05) is 18.2 Å². The third-order valence-corrected chi connectivity index (χ3v) is 5.65. The van der Waals surface area contributed by atoms with E-state index in [1.165, 1.54) is 11.6 Å². The van der Waals surface area contributed by atoms with Crippen LogP contribution in [-0.2, 0) is 13.0 Å². The van der Waals surface area contributed by atoms with Crippen molar-refractivity contribution < 1.29 is 13.9 Å². The number of benzene rings is 2. The molecule has 1 saturated heterocycles. The Bertz CT molecular complexity index is 856. The van der Waals surface area contributed by atoms with Crippen LogP contribution >= 0.6 is 12.2 Å². The molecule has 5 nitrogen and oxygen atoms in total. The zero-order chi connectivity index (χ0) is 22.1. The largest absolute Gasteiger partial charge is 0.490 e. The van der Waals surface area contributed by atoms with Gasteiger partial charge >= 0.3 is 0 Å². The number of ether oxygens (including phenoxy) is 2. The molecule has 1 fully saturated rings. The molecule has 2 aromatic rings. The minimum atomic E-state index is -0.178. The Hall–Kier alpha value is -2.38. The van der Waals surface area contributed by atoms with Gasteiger partial charge in [0.2, 0.25) is 0 Å². The molecule has 2 aromatic carbocycles. The van der Waals surface area contributed by atoms with E-state index in [0.717, 1.165) is 67.9 Å². The van der Waals surface area contributed by atoms with Crippen molar-refractivity contribution in [3.63, 3.8) is 0 Å².